The number of anilines is 2. The summed E-state index contributed by atoms with van der Waals surface area (Å²) in [6.45, 7) is 2.00. The van der Waals surface area contributed by atoms with Crippen LogP contribution >= 0.6 is 11.6 Å². The molecule has 0 amide bonds. The highest BCUT2D eigenvalue weighted by Crippen LogP contribution is 2.21. The van der Waals surface area contributed by atoms with Gasteiger partial charge >= 0.3 is 0 Å². The maximum atomic E-state index is 5.97. The van der Waals surface area contributed by atoms with Crippen LogP contribution in [0.2, 0.25) is 5.02 Å². The molecule has 0 spiro atoms. The molecule has 2 heterocycles. The fourth-order valence-electron chi connectivity index (χ4n) is 2.16. The summed E-state index contributed by atoms with van der Waals surface area (Å²) < 4.78 is 1.62. The Kier molecular flexibility index (Phi) is 2.83. The van der Waals surface area contributed by atoms with Crippen LogP contribution < -0.4 is 10.6 Å². The Labute approximate surface area is 110 Å². The van der Waals surface area contributed by atoms with E-state index < -0.39 is 0 Å². The normalized spacial score (nSPS) is 15.3. The molecule has 0 radical (unpaired) electrons. The van der Waals surface area contributed by atoms with E-state index in [2.05, 4.69) is 15.0 Å². The van der Waals surface area contributed by atoms with Crippen LogP contribution in [0.25, 0.3) is 5.69 Å². The number of aromatic nitrogens is 3. The van der Waals surface area contributed by atoms with Crippen LogP contribution in [0.4, 0.5) is 11.9 Å². The third-order valence-corrected chi connectivity index (χ3v) is 3.30. The average molecular weight is 264 g/mol. The maximum absolute atomic E-state index is 5.97. The molecule has 1 saturated heterocycles. The Hall–Kier alpha value is -1.75. The summed E-state index contributed by atoms with van der Waals surface area (Å²) in [6.07, 6.45) is 2.37. The molecular weight excluding hydrogens is 250 g/mol. The molecule has 0 saturated carbocycles. The third kappa shape index (κ3) is 2.01. The molecule has 0 bridgehead atoms. The minimum atomic E-state index is 0.388. The van der Waals surface area contributed by atoms with E-state index in [9.17, 15) is 0 Å². The van der Waals surface area contributed by atoms with Crippen molar-refractivity contribution in [2.45, 2.75) is 12.8 Å². The highest BCUT2D eigenvalue weighted by Gasteiger charge is 2.18. The van der Waals surface area contributed by atoms with Crippen LogP contribution in [0.3, 0.4) is 0 Å². The molecule has 2 aromatic rings. The minimum Gasteiger partial charge on any atom is -0.368 e. The van der Waals surface area contributed by atoms with E-state index in [-0.39, 0.29) is 0 Å². The van der Waals surface area contributed by atoms with Crippen LogP contribution in [0.15, 0.2) is 24.3 Å². The van der Waals surface area contributed by atoms with Crippen molar-refractivity contribution in [2.24, 2.45) is 0 Å². The summed E-state index contributed by atoms with van der Waals surface area (Å²) in [5, 5.41) is 5.11. The van der Waals surface area contributed by atoms with Gasteiger partial charge in [-0.3, -0.25) is 0 Å². The summed E-state index contributed by atoms with van der Waals surface area (Å²) in [6, 6.07) is 7.42. The van der Waals surface area contributed by atoms with E-state index in [0.717, 1.165) is 18.8 Å². The van der Waals surface area contributed by atoms with E-state index in [4.69, 9.17) is 17.3 Å². The van der Waals surface area contributed by atoms with Gasteiger partial charge in [-0.05, 0) is 31.0 Å². The molecule has 1 fully saturated rings. The van der Waals surface area contributed by atoms with Gasteiger partial charge in [0, 0.05) is 18.1 Å². The summed E-state index contributed by atoms with van der Waals surface area (Å²) >= 11 is 5.97. The first-order valence-electron chi connectivity index (χ1n) is 5.97. The lowest BCUT2D eigenvalue weighted by atomic mass is 10.3. The maximum Gasteiger partial charge on any atom is 0.246 e. The largest absolute Gasteiger partial charge is 0.368 e. The molecule has 5 nitrogen and oxygen atoms in total. The Morgan fingerprint density at radius 3 is 2.72 bits per heavy atom. The molecular formula is C12H14ClN5. The number of nitrogens with two attached hydrogens (primary N) is 1. The third-order valence-electron chi connectivity index (χ3n) is 3.06. The quantitative estimate of drug-likeness (QED) is 0.901. The summed E-state index contributed by atoms with van der Waals surface area (Å²) in [7, 11) is 0. The SMILES string of the molecule is Nc1nc(N2CCCC2)nn1-c1cccc(Cl)c1. The van der Waals surface area contributed by atoms with Gasteiger partial charge < -0.3 is 10.6 Å². The average Bonchev–Trinajstić information content (AvgIpc) is 2.97. The molecule has 1 aliphatic rings. The van der Waals surface area contributed by atoms with Crippen molar-refractivity contribution < 1.29 is 0 Å². The van der Waals surface area contributed by atoms with Crippen molar-refractivity contribution in [2.75, 3.05) is 23.7 Å². The first kappa shape index (κ1) is 11.3. The van der Waals surface area contributed by atoms with Crippen molar-refractivity contribution >= 4 is 23.5 Å². The number of benzene rings is 1. The number of hydrogen-bond acceptors (Lipinski definition) is 4. The highest BCUT2D eigenvalue weighted by molar-refractivity contribution is 6.30. The smallest absolute Gasteiger partial charge is 0.246 e. The van der Waals surface area contributed by atoms with Crippen molar-refractivity contribution in [3.8, 4) is 5.69 Å². The molecule has 94 valence electrons. The number of halogens is 1. The Balaban J connectivity index is 1.97. The Morgan fingerprint density at radius 2 is 2.00 bits per heavy atom. The van der Waals surface area contributed by atoms with Crippen molar-refractivity contribution in [1.82, 2.24) is 14.8 Å². The lowest BCUT2D eigenvalue weighted by molar-refractivity contribution is 0.847. The lowest BCUT2D eigenvalue weighted by Crippen LogP contribution is -2.19. The lowest BCUT2D eigenvalue weighted by Gasteiger charge is -2.10. The predicted octanol–water partition coefficient (Wildman–Crippen LogP) is 2.10. The van der Waals surface area contributed by atoms with E-state index in [1.807, 2.05) is 24.3 Å². The Morgan fingerprint density at radius 1 is 1.22 bits per heavy atom. The molecule has 0 atom stereocenters. The summed E-state index contributed by atoms with van der Waals surface area (Å²) in [4.78, 5) is 6.46. The van der Waals surface area contributed by atoms with Crippen LogP contribution in [0, 0.1) is 0 Å². The second-order valence-corrected chi connectivity index (χ2v) is 4.79. The second kappa shape index (κ2) is 4.49. The first-order chi connectivity index (χ1) is 8.74. The molecule has 18 heavy (non-hydrogen) atoms. The standard InChI is InChI=1S/C12H14ClN5/c13-9-4-3-5-10(8-9)18-11(14)15-12(16-18)17-6-1-2-7-17/h3-5,8H,1-2,6-7H2,(H2,14,15,16). The van der Waals surface area contributed by atoms with Gasteiger partial charge in [-0.1, -0.05) is 17.7 Å². The van der Waals surface area contributed by atoms with Gasteiger partial charge in [-0.25, -0.2) is 0 Å². The van der Waals surface area contributed by atoms with Gasteiger partial charge in [0.05, 0.1) is 5.69 Å². The van der Waals surface area contributed by atoms with E-state index in [1.165, 1.54) is 12.8 Å². The summed E-state index contributed by atoms with van der Waals surface area (Å²) in [5.74, 6) is 1.09. The van der Waals surface area contributed by atoms with Gasteiger partial charge in [-0.15, -0.1) is 5.10 Å². The molecule has 1 aromatic heterocycles. The molecule has 0 aliphatic carbocycles. The topological polar surface area (TPSA) is 60.0 Å². The van der Waals surface area contributed by atoms with Crippen molar-refractivity contribution in [3.05, 3.63) is 29.3 Å². The zero-order chi connectivity index (χ0) is 12.5. The highest BCUT2D eigenvalue weighted by atomic mass is 35.5. The molecule has 0 unspecified atom stereocenters. The van der Waals surface area contributed by atoms with Gasteiger partial charge in [-0.2, -0.15) is 9.67 Å². The fraction of sp³-hybridized carbons (Fsp3) is 0.333. The number of hydrogen-bond donors (Lipinski definition) is 1. The van der Waals surface area contributed by atoms with Gasteiger partial charge in [0.2, 0.25) is 11.9 Å². The number of rotatable bonds is 2. The van der Waals surface area contributed by atoms with Crippen LogP contribution in [0.1, 0.15) is 12.8 Å². The fourth-order valence-corrected chi connectivity index (χ4v) is 2.35. The van der Waals surface area contributed by atoms with Gasteiger partial charge in [0.1, 0.15) is 0 Å². The van der Waals surface area contributed by atoms with E-state index in [1.54, 1.807) is 4.68 Å². The van der Waals surface area contributed by atoms with Crippen molar-refractivity contribution in [1.29, 1.82) is 0 Å². The van der Waals surface area contributed by atoms with Crippen LogP contribution in [0.5, 0.6) is 0 Å². The van der Waals surface area contributed by atoms with Gasteiger partial charge in [0.25, 0.3) is 0 Å². The number of nitrogens with zero attached hydrogens (tertiary/aromatic N) is 4. The Bertz CT molecular complexity index is 559. The second-order valence-electron chi connectivity index (χ2n) is 4.36. The molecule has 1 aromatic carbocycles. The predicted molar refractivity (Wildman–Crippen MR) is 72.2 cm³/mol. The van der Waals surface area contributed by atoms with E-state index >= 15 is 0 Å². The van der Waals surface area contributed by atoms with Crippen LogP contribution in [-0.4, -0.2) is 27.9 Å². The molecule has 3 rings (SSSR count). The van der Waals surface area contributed by atoms with Crippen molar-refractivity contribution in [3.63, 3.8) is 0 Å². The van der Waals surface area contributed by atoms with Crippen LogP contribution in [-0.2, 0) is 0 Å². The molecule has 6 heteroatoms. The first-order valence-corrected chi connectivity index (χ1v) is 6.35. The number of nitrogen functional groups attached to an aromatic ring is 1. The zero-order valence-corrected chi connectivity index (χ0v) is 10.6. The van der Waals surface area contributed by atoms with Gasteiger partial charge in [0.15, 0.2) is 0 Å². The molecule has 2 N–H and O–H groups in total. The monoisotopic (exact) mass is 263 g/mol. The minimum absolute atomic E-state index is 0.388. The van der Waals surface area contributed by atoms with E-state index in [0.29, 0.717) is 16.9 Å². The summed E-state index contributed by atoms with van der Waals surface area (Å²) in [5.41, 5.74) is 6.74. The zero-order valence-electron chi connectivity index (χ0n) is 9.88. The molecule has 1 aliphatic heterocycles.